The van der Waals surface area contributed by atoms with Gasteiger partial charge in [0, 0.05) is 36.0 Å². The van der Waals surface area contributed by atoms with Crippen LogP contribution in [0.3, 0.4) is 0 Å². The van der Waals surface area contributed by atoms with E-state index in [0.717, 1.165) is 27.3 Å². The highest BCUT2D eigenvalue weighted by atomic mass is 35.5. The summed E-state index contributed by atoms with van der Waals surface area (Å²) in [5.41, 5.74) is 7.70. The quantitative estimate of drug-likeness (QED) is 0.121. The fourth-order valence-corrected chi connectivity index (χ4v) is 5.46. The molecule has 0 aliphatic carbocycles. The van der Waals surface area contributed by atoms with Crippen LogP contribution in [0.2, 0.25) is 5.02 Å². The molecule has 3 N–H and O–H groups in total. The number of hydrogen-bond acceptors (Lipinski definition) is 5. The Morgan fingerprint density at radius 1 is 1.02 bits per heavy atom. The van der Waals surface area contributed by atoms with E-state index in [1.807, 2.05) is 82.3 Å². The van der Waals surface area contributed by atoms with Gasteiger partial charge in [-0.25, -0.2) is 0 Å². The molecule has 1 aliphatic heterocycles. The van der Waals surface area contributed by atoms with Crippen LogP contribution in [0, 0.1) is 12.3 Å². The smallest absolute Gasteiger partial charge is 0.268 e. The van der Waals surface area contributed by atoms with Crippen molar-refractivity contribution in [3.8, 4) is 0 Å². The molecule has 3 aromatic carbocycles. The SMILES string of the molecule is Cc1ccc(CCN/N=C\C(=N)CC2=C(C(=O)NC(C)(C)C)N(CCC(c3ccccc3)c3ccccc3)C2=O)c(Cl)c1. The zero-order valence-corrected chi connectivity index (χ0v) is 26.0. The van der Waals surface area contributed by atoms with Crippen LogP contribution in [0.15, 0.2) is 95.2 Å². The fraction of sp³-hybridized carbons (Fsp3) is 0.314. The number of rotatable bonds is 13. The topological polar surface area (TPSA) is 97.7 Å². The van der Waals surface area contributed by atoms with Gasteiger partial charge in [0.15, 0.2) is 0 Å². The molecule has 0 unspecified atom stereocenters. The molecule has 0 fully saturated rings. The summed E-state index contributed by atoms with van der Waals surface area (Å²) in [4.78, 5) is 28.3. The first-order valence-corrected chi connectivity index (χ1v) is 15.0. The largest absolute Gasteiger partial charge is 0.346 e. The average Bonchev–Trinajstić information content (AvgIpc) is 2.96. The predicted molar refractivity (Wildman–Crippen MR) is 175 cm³/mol. The van der Waals surface area contributed by atoms with E-state index in [-0.39, 0.29) is 29.9 Å². The number of halogens is 1. The molecule has 7 nitrogen and oxygen atoms in total. The van der Waals surface area contributed by atoms with E-state index < -0.39 is 5.54 Å². The second-order valence-electron chi connectivity index (χ2n) is 11.9. The third-order valence-corrected chi connectivity index (χ3v) is 7.55. The van der Waals surface area contributed by atoms with Crippen LogP contribution in [0.1, 0.15) is 61.8 Å². The lowest BCUT2D eigenvalue weighted by Gasteiger charge is -2.38. The van der Waals surface area contributed by atoms with Gasteiger partial charge < -0.3 is 21.1 Å². The second-order valence-corrected chi connectivity index (χ2v) is 12.3. The van der Waals surface area contributed by atoms with Crippen molar-refractivity contribution in [2.75, 3.05) is 13.1 Å². The summed E-state index contributed by atoms with van der Waals surface area (Å²) in [5.74, 6) is -0.465. The summed E-state index contributed by atoms with van der Waals surface area (Å²) in [6.07, 6.45) is 2.75. The highest BCUT2D eigenvalue weighted by molar-refractivity contribution is 6.32. The van der Waals surface area contributed by atoms with Crippen LogP contribution in [-0.2, 0) is 16.0 Å². The van der Waals surface area contributed by atoms with Gasteiger partial charge in [-0.1, -0.05) is 84.4 Å². The van der Waals surface area contributed by atoms with E-state index in [9.17, 15) is 9.59 Å². The molecule has 43 heavy (non-hydrogen) atoms. The maximum atomic E-state index is 13.4. The minimum Gasteiger partial charge on any atom is -0.346 e. The molecule has 0 saturated heterocycles. The first kappa shape index (κ1) is 31.7. The Labute approximate surface area is 259 Å². The van der Waals surface area contributed by atoms with E-state index >= 15 is 0 Å². The van der Waals surface area contributed by atoms with Crippen molar-refractivity contribution in [3.63, 3.8) is 0 Å². The molecular formula is C35H40ClN5O2. The average molecular weight is 598 g/mol. The summed E-state index contributed by atoms with van der Waals surface area (Å²) >= 11 is 6.31. The lowest BCUT2D eigenvalue weighted by Crippen LogP contribution is -2.52. The van der Waals surface area contributed by atoms with E-state index in [1.54, 1.807) is 4.90 Å². The number of aryl methyl sites for hydroxylation is 1. The molecule has 0 radical (unpaired) electrons. The Hall–Kier alpha value is -4.23. The van der Waals surface area contributed by atoms with Crippen LogP contribution >= 0.6 is 11.6 Å². The van der Waals surface area contributed by atoms with Crippen molar-refractivity contribution in [1.82, 2.24) is 15.6 Å². The van der Waals surface area contributed by atoms with Crippen molar-refractivity contribution in [3.05, 3.63) is 117 Å². The Morgan fingerprint density at radius 2 is 1.65 bits per heavy atom. The van der Waals surface area contributed by atoms with Crippen molar-refractivity contribution in [1.29, 1.82) is 5.41 Å². The van der Waals surface area contributed by atoms with Crippen LogP contribution in [0.25, 0.3) is 0 Å². The molecule has 8 heteroatoms. The van der Waals surface area contributed by atoms with E-state index in [0.29, 0.717) is 37.2 Å². The Balaban J connectivity index is 1.44. The summed E-state index contributed by atoms with van der Waals surface area (Å²) in [6.45, 7) is 8.64. The minimum absolute atomic E-state index is 0.0258. The van der Waals surface area contributed by atoms with Gasteiger partial charge in [0.1, 0.15) is 5.70 Å². The van der Waals surface area contributed by atoms with Crippen molar-refractivity contribution in [2.45, 2.75) is 58.4 Å². The van der Waals surface area contributed by atoms with Gasteiger partial charge in [0.05, 0.1) is 17.5 Å². The van der Waals surface area contributed by atoms with Crippen molar-refractivity contribution in [2.24, 2.45) is 5.10 Å². The maximum absolute atomic E-state index is 13.4. The lowest BCUT2D eigenvalue weighted by molar-refractivity contribution is -0.134. The van der Waals surface area contributed by atoms with Crippen LogP contribution in [0.4, 0.5) is 0 Å². The van der Waals surface area contributed by atoms with Gasteiger partial charge in [-0.2, -0.15) is 5.10 Å². The zero-order chi connectivity index (χ0) is 31.0. The summed E-state index contributed by atoms with van der Waals surface area (Å²) in [5, 5.41) is 16.3. The molecular weight excluding hydrogens is 558 g/mol. The molecule has 224 valence electrons. The second kappa shape index (κ2) is 14.3. The van der Waals surface area contributed by atoms with Gasteiger partial charge in [0.2, 0.25) is 0 Å². The van der Waals surface area contributed by atoms with Crippen molar-refractivity contribution < 1.29 is 9.59 Å². The molecule has 2 amide bonds. The molecule has 1 aliphatic rings. The molecule has 0 spiro atoms. The normalized spacial score (nSPS) is 13.4. The monoisotopic (exact) mass is 597 g/mol. The minimum atomic E-state index is -0.477. The maximum Gasteiger partial charge on any atom is 0.268 e. The lowest BCUT2D eigenvalue weighted by atomic mass is 9.87. The zero-order valence-electron chi connectivity index (χ0n) is 25.3. The molecule has 3 aromatic rings. The molecule has 0 saturated carbocycles. The molecule has 1 heterocycles. The molecule has 0 aromatic heterocycles. The standard InChI is InChI=1S/C35H40ClN5O2/c1-24-15-16-27(31(36)21-24)17-19-38-39-23-28(37)22-30-32(33(42)40-35(2,3)4)41(34(30)43)20-18-29(25-11-7-5-8-12-25)26-13-9-6-10-14-26/h5-16,21,23,29,37-38H,17-20,22H2,1-4H3,(H,40,42)/b37-28?,39-23-. The van der Waals surface area contributed by atoms with Crippen LogP contribution in [0.5, 0.6) is 0 Å². The van der Waals surface area contributed by atoms with E-state index in [1.165, 1.54) is 6.21 Å². The number of amides is 2. The number of hydrazone groups is 1. The highest BCUT2D eigenvalue weighted by Crippen LogP contribution is 2.33. The number of benzene rings is 3. The molecule has 0 atom stereocenters. The van der Waals surface area contributed by atoms with E-state index in [2.05, 4.69) is 40.1 Å². The number of nitrogens with zero attached hydrogens (tertiary/aromatic N) is 2. The van der Waals surface area contributed by atoms with Crippen LogP contribution in [-0.4, -0.2) is 47.3 Å². The number of hydrogen-bond donors (Lipinski definition) is 3. The van der Waals surface area contributed by atoms with Gasteiger partial charge in [-0.15, -0.1) is 0 Å². The highest BCUT2D eigenvalue weighted by Gasteiger charge is 2.41. The first-order valence-electron chi connectivity index (χ1n) is 14.6. The van der Waals surface area contributed by atoms with Gasteiger partial charge in [-0.3, -0.25) is 9.59 Å². The van der Waals surface area contributed by atoms with E-state index in [4.69, 9.17) is 17.0 Å². The predicted octanol–water partition coefficient (Wildman–Crippen LogP) is 6.41. The van der Waals surface area contributed by atoms with Crippen LogP contribution < -0.4 is 10.7 Å². The summed E-state index contributed by atoms with van der Waals surface area (Å²) < 4.78 is 0. The summed E-state index contributed by atoms with van der Waals surface area (Å²) in [6, 6.07) is 26.3. The Morgan fingerprint density at radius 3 is 2.23 bits per heavy atom. The van der Waals surface area contributed by atoms with Gasteiger partial charge >= 0.3 is 0 Å². The Bertz CT molecular complexity index is 1470. The van der Waals surface area contributed by atoms with Gasteiger partial charge in [-0.05, 0) is 68.9 Å². The summed E-state index contributed by atoms with van der Waals surface area (Å²) in [7, 11) is 0. The Kier molecular flexibility index (Phi) is 10.5. The third kappa shape index (κ3) is 8.64. The number of carbonyl (C=O) groups excluding carboxylic acids is 2. The fourth-order valence-electron chi connectivity index (χ4n) is 5.13. The number of carbonyl (C=O) groups is 2. The molecule has 4 rings (SSSR count). The van der Waals surface area contributed by atoms with Gasteiger partial charge in [0.25, 0.3) is 11.8 Å². The first-order chi connectivity index (χ1) is 20.5. The number of nitrogens with one attached hydrogen (secondary N) is 3. The molecule has 0 bridgehead atoms. The third-order valence-electron chi connectivity index (χ3n) is 7.20. The van der Waals surface area contributed by atoms with Crippen molar-refractivity contribution >= 4 is 35.3 Å².